The van der Waals surface area contributed by atoms with Gasteiger partial charge in [0.15, 0.2) is 0 Å². The van der Waals surface area contributed by atoms with Crippen LogP contribution < -0.4 is 0 Å². The molecule has 23 heavy (non-hydrogen) atoms. The molecule has 0 spiro atoms. The van der Waals surface area contributed by atoms with Crippen molar-refractivity contribution in [3.63, 3.8) is 0 Å². The van der Waals surface area contributed by atoms with Gasteiger partial charge in [0.1, 0.15) is 0 Å². The normalized spacial score (nSPS) is 17.5. The van der Waals surface area contributed by atoms with E-state index in [1.807, 2.05) is 23.1 Å². The van der Waals surface area contributed by atoms with Gasteiger partial charge in [-0.1, -0.05) is 0 Å². The zero-order valence-corrected chi connectivity index (χ0v) is 13.8. The highest BCUT2D eigenvalue weighted by molar-refractivity contribution is 5.99. The molecule has 2 aromatic heterocycles. The molecule has 3 aromatic rings. The van der Waals surface area contributed by atoms with Gasteiger partial charge >= 0.3 is 0 Å². The van der Waals surface area contributed by atoms with E-state index in [-0.39, 0.29) is 11.9 Å². The molecule has 1 aromatic carbocycles. The molecule has 0 saturated carbocycles. The third kappa shape index (κ3) is 2.09. The molecule has 0 unspecified atom stereocenters. The molecular formula is C19H21N3O. The van der Waals surface area contributed by atoms with Crippen LogP contribution in [0.15, 0.2) is 36.5 Å². The molecule has 0 saturated heterocycles. The second-order valence-electron chi connectivity index (χ2n) is 6.44. The Morgan fingerprint density at radius 3 is 2.87 bits per heavy atom. The van der Waals surface area contributed by atoms with Crippen LogP contribution in [-0.4, -0.2) is 26.9 Å². The molecule has 1 N–H and O–H groups in total. The lowest BCUT2D eigenvalue weighted by atomic mass is 10.1. The number of hydrogen-bond acceptors (Lipinski definition) is 1. The standard InChI is InChI=1S/C19H21N3O/c1-12-13(2)20-17-7-6-15(11-16(12)17)19(23)22-10-9-21-8-4-5-18(21)14(22)3/h4-8,11,14,20H,9-10H2,1-3H3/t14-/m1/s1. The number of benzene rings is 1. The zero-order chi connectivity index (χ0) is 16.1. The lowest BCUT2D eigenvalue weighted by Gasteiger charge is -2.35. The van der Waals surface area contributed by atoms with E-state index in [0.29, 0.717) is 0 Å². The Morgan fingerprint density at radius 1 is 1.22 bits per heavy atom. The highest BCUT2D eigenvalue weighted by Crippen LogP contribution is 2.28. The topological polar surface area (TPSA) is 41.0 Å². The Labute approximate surface area is 135 Å². The number of aromatic amines is 1. The lowest BCUT2D eigenvalue weighted by molar-refractivity contribution is 0.0644. The number of aryl methyl sites for hydroxylation is 2. The van der Waals surface area contributed by atoms with Gasteiger partial charge in [0.2, 0.25) is 0 Å². The number of amides is 1. The second-order valence-corrected chi connectivity index (χ2v) is 6.44. The van der Waals surface area contributed by atoms with Crippen LogP contribution in [0.2, 0.25) is 0 Å². The second kappa shape index (κ2) is 5.01. The highest BCUT2D eigenvalue weighted by Gasteiger charge is 2.28. The number of nitrogens with zero attached hydrogens (tertiary/aromatic N) is 2. The molecule has 1 aliphatic rings. The zero-order valence-electron chi connectivity index (χ0n) is 13.8. The third-order valence-corrected chi connectivity index (χ3v) is 5.16. The Hall–Kier alpha value is -2.49. The maximum Gasteiger partial charge on any atom is 0.254 e. The minimum Gasteiger partial charge on any atom is -0.358 e. The highest BCUT2D eigenvalue weighted by atomic mass is 16.2. The Bertz CT molecular complexity index is 903. The Balaban J connectivity index is 1.71. The molecule has 1 aliphatic heterocycles. The van der Waals surface area contributed by atoms with Gasteiger partial charge in [-0.05, 0) is 56.7 Å². The molecule has 4 heteroatoms. The number of H-pyrrole nitrogens is 1. The summed E-state index contributed by atoms with van der Waals surface area (Å²) in [5, 5.41) is 1.14. The number of carbonyl (C=O) groups is 1. The summed E-state index contributed by atoms with van der Waals surface area (Å²) in [6.07, 6.45) is 2.09. The smallest absolute Gasteiger partial charge is 0.254 e. The predicted octanol–water partition coefficient (Wildman–Crippen LogP) is 3.80. The summed E-state index contributed by atoms with van der Waals surface area (Å²) in [6.45, 7) is 7.89. The van der Waals surface area contributed by atoms with Crippen molar-refractivity contribution < 1.29 is 4.79 Å². The van der Waals surface area contributed by atoms with E-state index >= 15 is 0 Å². The molecule has 1 amide bonds. The van der Waals surface area contributed by atoms with E-state index in [9.17, 15) is 4.79 Å². The van der Waals surface area contributed by atoms with Crippen molar-refractivity contribution in [3.05, 3.63) is 59.0 Å². The summed E-state index contributed by atoms with van der Waals surface area (Å²) < 4.78 is 2.23. The number of rotatable bonds is 1. The van der Waals surface area contributed by atoms with Gasteiger partial charge in [-0.15, -0.1) is 0 Å². The first-order valence-corrected chi connectivity index (χ1v) is 8.11. The van der Waals surface area contributed by atoms with Gasteiger partial charge in [0, 0.05) is 47.1 Å². The van der Waals surface area contributed by atoms with E-state index in [4.69, 9.17) is 0 Å². The molecule has 4 nitrogen and oxygen atoms in total. The van der Waals surface area contributed by atoms with Crippen LogP contribution in [0, 0.1) is 13.8 Å². The average molecular weight is 307 g/mol. The summed E-state index contributed by atoms with van der Waals surface area (Å²) in [4.78, 5) is 18.4. The summed E-state index contributed by atoms with van der Waals surface area (Å²) in [7, 11) is 0. The van der Waals surface area contributed by atoms with Crippen molar-refractivity contribution >= 4 is 16.8 Å². The number of hydrogen-bond donors (Lipinski definition) is 1. The minimum atomic E-state index is 0.107. The lowest BCUT2D eigenvalue weighted by Crippen LogP contribution is -2.40. The minimum absolute atomic E-state index is 0.107. The number of carbonyl (C=O) groups excluding carboxylic acids is 1. The summed E-state index contributed by atoms with van der Waals surface area (Å²) >= 11 is 0. The molecule has 3 heterocycles. The van der Waals surface area contributed by atoms with Crippen LogP contribution in [-0.2, 0) is 6.54 Å². The van der Waals surface area contributed by atoms with Crippen molar-refractivity contribution in [1.82, 2.24) is 14.5 Å². The fraction of sp³-hybridized carbons (Fsp3) is 0.316. The SMILES string of the molecule is Cc1[nH]c2ccc(C(=O)N3CCn4cccc4[C@H]3C)cc2c1C. The van der Waals surface area contributed by atoms with Crippen molar-refractivity contribution in [1.29, 1.82) is 0 Å². The van der Waals surface area contributed by atoms with Crippen LogP contribution in [0.4, 0.5) is 0 Å². The van der Waals surface area contributed by atoms with Gasteiger partial charge in [-0.3, -0.25) is 4.79 Å². The van der Waals surface area contributed by atoms with Gasteiger partial charge in [-0.25, -0.2) is 0 Å². The molecule has 0 fully saturated rings. The van der Waals surface area contributed by atoms with Crippen LogP contribution >= 0.6 is 0 Å². The number of fused-ring (bicyclic) bond motifs is 2. The monoisotopic (exact) mass is 307 g/mol. The van der Waals surface area contributed by atoms with Crippen molar-refractivity contribution in [3.8, 4) is 0 Å². The van der Waals surface area contributed by atoms with E-state index < -0.39 is 0 Å². The summed E-state index contributed by atoms with van der Waals surface area (Å²) in [6, 6.07) is 10.2. The van der Waals surface area contributed by atoms with E-state index in [1.165, 1.54) is 11.3 Å². The third-order valence-electron chi connectivity index (χ3n) is 5.16. The van der Waals surface area contributed by atoms with Gasteiger partial charge in [-0.2, -0.15) is 0 Å². The van der Waals surface area contributed by atoms with Gasteiger partial charge in [0.05, 0.1) is 6.04 Å². The largest absolute Gasteiger partial charge is 0.358 e. The first-order valence-electron chi connectivity index (χ1n) is 8.11. The first-order chi connectivity index (χ1) is 11.1. The maximum absolute atomic E-state index is 13.0. The summed E-state index contributed by atoms with van der Waals surface area (Å²) in [5.74, 6) is 0.116. The predicted molar refractivity (Wildman–Crippen MR) is 91.7 cm³/mol. The Kier molecular flexibility index (Phi) is 3.08. The maximum atomic E-state index is 13.0. The average Bonchev–Trinajstić information content (AvgIpc) is 3.13. The fourth-order valence-electron chi connectivity index (χ4n) is 3.62. The molecular weight excluding hydrogens is 286 g/mol. The van der Waals surface area contributed by atoms with E-state index in [2.05, 4.69) is 48.7 Å². The molecule has 118 valence electrons. The molecule has 1 atom stereocenters. The van der Waals surface area contributed by atoms with Gasteiger partial charge < -0.3 is 14.5 Å². The number of aromatic nitrogens is 2. The Morgan fingerprint density at radius 2 is 2.04 bits per heavy atom. The van der Waals surface area contributed by atoms with Crippen LogP contribution in [0.1, 0.15) is 40.3 Å². The fourth-order valence-corrected chi connectivity index (χ4v) is 3.62. The van der Waals surface area contributed by atoms with E-state index in [1.54, 1.807) is 0 Å². The molecule has 0 aliphatic carbocycles. The molecule has 0 radical (unpaired) electrons. The van der Waals surface area contributed by atoms with Crippen molar-refractivity contribution in [2.24, 2.45) is 0 Å². The van der Waals surface area contributed by atoms with Crippen molar-refractivity contribution in [2.75, 3.05) is 6.54 Å². The quantitative estimate of drug-likeness (QED) is 0.730. The first kappa shape index (κ1) is 14.1. The molecule has 4 rings (SSSR count). The van der Waals surface area contributed by atoms with Crippen LogP contribution in [0.5, 0.6) is 0 Å². The molecule has 0 bridgehead atoms. The summed E-state index contributed by atoms with van der Waals surface area (Å²) in [5.41, 5.74) is 5.45. The van der Waals surface area contributed by atoms with Gasteiger partial charge in [0.25, 0.3) is 5.91 Å². The van der Waals surface area contributed by atoms with Crippen molar-refractivity contribution in [2.45, 2.75) is 33.4 Å². The van der Waals surface area contributed by atoms with E-state index in [0.717, 1.165) is 35.2 Å². The van der Waals surface area contributed by atoms with Crippen LogP contribution in [0.25, 0.3) is 10.9 Å². The van der Waals surface area contributed by atoms with Crippen LogP contribution in [0.3, 0.4) is 0 Å². The number of nitrogens with one attached hydrogen (secondary N) is 1.